The number of aromatic nitrogens is 4. The van der Waals surface area contributed by atoms with E-state index in [0.29, 0.717) is 12.0 Å². The number of fused-ring (bicyclic) bond motifs is 1. The van der Waals surface area contributed by atoms with Crippen molar-refractivity contribution in [2.45, 2.75) is 6.04 Å². The number of aldehydes is 1. The Morgan fingerprint density at radius 3 is 2.92 bits per heavy atom. The highest BCUT2D eigenvalue weighted by molar-refractivity contribution is 5.98. The third kappa shape index (κ3) is 3.53. The Hall–Kier alpha value is -3.53. The molecule has 0 fully saturated rings. The number of anilines is 3. The molecule has 1 amide bonds. The predicted molar refractivity (Wildman–Crippen MR) is 91.6 cm³/mol. The van der Waals surface area contributed by atoms with Crippen molar-refractivity contribution in [1.29, 1.82) is 0 Å². The van der Waals surface area contributed by atoms with Crippen molar-refractivity contribution in [1.82, 2.24) is 19.4 Å². The van der Waals surface area contributed by atoms with Gasteiger partial charge in [0.05, 0.1) is 11.7 Å². The molecule has 25 heavy (non-hydrogen) atoms. The minimum Gasteiger partial charge on any atom is -0.365 e. The summed E-state index contributed by atoms with van der Waals surface area (Å²) in [5, 5.41) is 5.80. The van der Waals surface area contributed by atoms with E-state index in [1.165, 1.54) is 6.20 Å². The van der Waals surface area contributed by atoms with Crippen molar-refractivity contribution in [2.75, 3.05) is 17.2 Å². The molecule has 1 unspecified atom stereocenters. The van der Waals surface area contributed by atoms with Crippen molar-refractivity contribution in [3.63, 3.8) is 0 Å². The summed E-state index contributed by atoms with van der Waals surface area (Å²) in [4.78, 5) is 34.9. The smallest absolute Gasteiger partial charge is 0.254 e. The predicted octanol–water partition coefficient (Wildman–Crippen LogP) is -0.0951. The van der Waals surface area contributed by atoms with Gasteiger partial charge in [0, 0.05) is 31.3 Å². The minimum atomic E-state index is -0.677. The summed E-state index contributed by atoms with van der Waals surface area (Å²) >= 11 is 0. The fraction of sp³-hybridized carbons (Fsp3) is 0.133. The number of imidazole rings is 1. The molecular formula is C15H16N8O2. The number of rotatable bonds is 7. The Balaban J connectivity index is 1.93. The summed E-state index contributed by atoms with van der Waals surface area (Å²) in [5.74, 6) is -0.312. The van der Waals surface area contributed by atoms with Crippen molar-refractivity contribution >= 4 is 35.3 Å². The van der Waals surface area contributed by atoms with E-state index in [2.05, 4.69) is 25.6 Å². The molecule has 0 saturated carbocycles. The van der Waals surface area contributed by atoms with Crippen molar-refractivity contribution in [3.05, 3.63) is 42.5 Å². The first-order valence-electron chi connectivity index (χ1n) is 7.39. The molecule has 10 heteroatoms. The Kier molecular flexibility index (Phi) is 4.53. The number of hydrogen-bond donors (Lipinski definition) is 4. The highest BCUT2D eigenvalue weighted by atomic mass is 16.1. The quantitative estimate of drug-likeness (QED) is 0.435. The minimum absolute atomic E-state index is 0.0878. The van der Waals surface area contributed by atoms with Crippen molar-refractivity contribution in [3.8, 4) is 0 Å². The number of carbonyl (C=O) groups is 2. The van der Waals surface area contributed by atoms with E-state index >= 15 is 0 Å². The molecule has 0 aromatic carbocycles. The van der Waals surface area contributed by atoms with Crippen LogP contribution in [0.15, 0.2) is 36.9 Å². The first kappa shape index (κ1) is 16.3. The van der Waals surface area contributed by atoms with Gasteiger partial charge >= 0.3 is 0 Å². The fourth-order valence-electron chi connectivity index (χ4n) is 2.17. The summed E-state index contributed by atoms with van der Waals surface area (Å²) < 4.78 is 1.81. The average Bonchev–Trinajstić information content (AvgIpc) is 3.07. The van der Waals surface area contributed by atoms with Crippen LogP contribution in [0.25, 0.3) is 5.65 Å². The Bertz CT molecular complexity index is 923. The number of nitrogens with zero attached hydrogens (tertiary/aromatic N) is 4. The molecule has 3 rings (SSSR count). The lowest BCUT2D eigenvalue weighted by Gasteiger charge is -2.13. The largest absolute Gasteiger partial charge is 0.365 e. The Morgan fingerprint density at radius 1 is 1.36 bits per heavy atom. The van der Waals surface area contributed by atoms with E-state index in [4.69, 9.17) is 11.5 Å². The standard InChI is InChI=1S/C15H16N8O2/c16-5-10(8-24)21-15-19-6-11(13(17)25)14(22-15)20-9-1-2-12-18-3-4-23(12)7-9/h1-4,6-8,10H,5,16H2,(H2,17,25)(H2,19,20,21,22). The van der Waals surface area contributed by atoms with E-state index in [1.807, 2.05) is 10.5 Å². The summed E-state index contributed by atoms with van der Waals surface area (Å²) in [5.41, 5.74) is 12.4. The molecule has 3 aromatic heterocycles. The third-order valence-corrected chi connectivity index (χ3v) is 3.44. The van der Waals surface area contributed by atoms with Crippen molar-refractivity contribution in [2.24, 2.45) is 11.5 Å². The summed E-state index contributed by atoms with van der Waals surface area (Å²) in [7, 11) is 0. The molecule has 0 radical (unpaired) electrons. The van der Waals surface area contributed by atoms with Crippen molar-refractivity contribution < 1.29 is 9.59 Å². The van der Waals surface area contributed by atoms with Crippen LogP contribution in [0, 0.1) is 0 Å². The Labute approximate surface area is 142 Å². The number of hydrogen-bond acceptors (Lipinski definition) is 8. The summed E-state index contributed by atoms with van der Waals surface area (Å²) in [6.07, 6.45) is 7.20. The lowest BCUT2D eigenvalue weighted by atomic mass is 10.3. The van der Waals surface area contributed by atoms with Gasteiger partial charge in [-0.2, -0.15) is 4.98 Å². The second-order valence-corrected chi connectivity index (χ2v) is 5.18. The van der Waals surface area contributed by atoms with Gasteiger partial charge in [-0.1, -0.05) is 0 Å². The fourth-order valence-corrected chi connectivity index (χ4v) is 2.17. The van der Waals surface area contributed by atoms with Crippen LogP contribution in [-0.4, -0.2) is 44.1 Å². The van der Waals surface area contributed by atoms with E-state index in [0.717, 1.165) is 5.65 Å². The number of primary amides is 1. The van der Waals surface area contributed by atoms with Crippen LogP contribution in [0.3, 0.4) is 0 Å². The molecule has 1 atom stereocenters. The second-order valence-electron chi connectivity index (χ2n) is 5.18. The number of amides is 1. The van der Waals surface area contributed by atoms with Gasteiger partial charge in [-0.05, 0) is 12.1 Å². The summed E-state index contributed by atoms with van der Waals surface area (Å²) in [6.45, 7) is 0.0878. The molecule has 0 aliphatic rings. The molecule has 6 N–H and O–H groups in total. The number of nitrogens with two attached hydrogens (primary N) is 2. The second kappa shape index (κ2) is 6.93. The van der Waals surface area contributed by atoms with Gasteiger partial charge in [0.15, 0.2) is 0 Å². The molecule has 0 aliphatic heterocycles. The zero-order valence-electron chi connectivity index (χ0n) is 13.1. The van der Waals surface area contributed by atoms with Gasteiger partial charge in [0.2, 0.25) is 5.95 Å². The lowest BCUT2D eigenvalue weighted by molar-refractivity contribution is -0.108. The van der Waals surface area contributed by atoms with Crippen LogP contribution in [0.1, 0.15) is 10.4 Å². The molecule has 0 aliphatic carbocycles. The molecule has 128 valence electrons. The SMILES string of the molecule is NCC(C=O)Nc1ncc(C(N)=O)c(Nc2ccc3nccn3c2)n1. The number of nitrogens with one attached hydrogen (secondary N) is 2. The van der Waals surface area contributed by atoms with E-state index in [9.17, 15) is 9.59 Å². The third-order valence-electron chi connectivity index (χ3n) is 3.44. The van der Waals surface area contributed by atoms with Gasteiger partial charge in [-0.3, -0.25) is 4.79 Å². The van der Waals surface area contributed by atoms with Gasteiger partial charge in [0.25, 0.3) is 5.91 Å². The van der Waals surface area contributed by atoms with Crippen LogP contribution in [0.4, 0.5) is 17.5 Å². The molecule has 0 spiro atoms. The highest BCUT2D eigenvalue weighted by Gasteiger charge is 2.14. The maximum atomic E-state index is 11.6. The van der Waals surface area contributed by atoms with E-state index < -0.39 is 11.9 Å². The van der Waals surface area contributed by atoms with Gasteiger partial charge in [-0.25, -0.2) is 9.97 Å². The maximum absolute atomic E-state index is 11.6. The zero-order chi connectivity index (χ0) is 17.8. The van der Waals surface area contributed by atoms with Crippen LogP contribution >= 0.6 is 0 Å². The molecule has 3 aromatic rings. The monoisotopic (exact) mass is 340 g/mol. The zero-order valence-corrected chi connectivity index (χ0v) is 13.1. The molecule has 10 nitrogen and oxygen atoms in total. The van der Waals surface area contributed by atoms with E-state index in [-0.39, 0.29) is 23.9 Å². The first-order chi connectivity index (χ1) is 12.1. The first-order valence-corrected chi connectivity index (χ1v) is 7.39. The topological polar surface area (TPSA) is 153 Å². The molecular weight excluding hydrogens is 324 g/mol. The van der Waals surface area contributed by atoms with Gasteiger partial charge in [-0.15, -0.1) is 0 Å². The van der Waals surface area contributed by atoms with Crippen LogP contribution < -0.4 is 22.1 Å². The van der Waals surface area contributed by atoms with Gasteiger partial charge in [0.1, 0.15) is 23.3 Å². The van der Waals surface area contributed by atoms with Crippen LogP contribution in [0.5, 0.6) is 0 Å². The number of carbonyl (C=O) groups excluding carboxylic acids is 2. The molecule has 3 heterocycles. The summed E-state index contributed by atoms with van der Waals surface area (Å²) in [6, 6.07) is 2.97. The molecule has 0 bridgehead atoms. The number of pyridine rings is 1. The average molecular weight is 340 g/mol. The van der Waals surface area contributed by atoms with Gasteiger partial charge < -0.3 is 31.3 Å². The highest BCUT2D eigenvalue weighted by Crippen LogP contribution is 2.20. The Morgan fingerprint density at radius 2 is 2.20 bits per heavy atom. The maximum Gasteiger partial charge on any atom is 0.254 e. The van der Waals surface area contributed by atoms with Crippen LogP contribution in [0.2, 0.25) is 0 Å². The van der Waals surface area contributed by atoms with Crippen LogP contribution in [-0.2, 0) is 4.79 Å². The molecule has 0 saturated heterocycles. The normalized spacial score (nSPS) is 11.9. The lowest BCUT2D eigenvalue weighted by Crippen LogP contribution is -2.31. The van der Waals surface area contributed by atoms with E-state index in [1.54, 1.807) is 24.7 Å².